The molecule has 56 valence electrons. The summed E-state index contributed by atoms with van der Waals surface area (Å²) in [5.74, 6) is 1.62. The van der Waals surface area contributed by atoms with E-state index in [1.165, 1.54) is 19.3 Å². The van der Waals surface area contributed by atoms with Gasteiger partial charge in [-0.15, -0.1) is 0 Å². The fourth-order valence-corrected chi connectivity index (χ4v) is 3.17. The van der Waals surface area contributed by atoms with Gasteiger partial charge in [-0.25, -0.2) is 0 Å². The zero-order chi connectivity index (χ0) is 6.77. The summed E-state index contributed by atoms with van der Waals surface area (Å²) in [5, 5.41) is 0. The van der Waals surface area contributed by atoms with Crippen LogP contribution >= 0.6 is 0 Å². The van der Waals surface area contributed by atoms with Crippen LogP contribution in [0.2, 0.25) is 0 Å². The highest BCUT2D eigenvalue weighted by Gasteiger charge is 2.58. The summed E-state index contributed by atoms with van der Waals surface area (Å²) in [6, 6.07) is 0. The zero-order valence-corrected chi connectivity index (χ0v) is 6.05. The average Bonchev–Trinajstić information content (AvgIpc) is 2.39. The van der Waals surface area contributed by atoms with Gasteiger partial charge in [-0.1, -0.05) is 0 Å². The first-order chi connectivity index (χ1) is 4.78. The van der Waals surface area contributed by atoms with Gasteiger partial charge < -0.3 is 10.5 Å². The molecule has 1 aliphatic heterocycles. The van der Waals surface area contributed by atoms with Crippen molar-refractivity contribution >= 4 is 0 Å². The second-order valence-corrected chi connectivity index (χ2v) is 4.23. The Balaban J connectivity index is 2.05. The molecule has 4 atom stereocenters. The first-order valence-electron chi connectivity index (χ1n) is 4.18. The van der Waals surface area contributed by atoms with Crippen molar-refractivity contribution < 1.29 is 4.74 Å². The molecule has 2 saturated carbocycles. The summed E-state index contributed by atoms with van der Waals surface area (Å²) in [5.41, 5.74) is 6.26. The molecule has 0 spiro atoms. The summed E-state index contributed by atoms with van der Waals surface area (Å²) >= 11 is 0. The molecule has 2 nitrogen and oxygen atoms in total. The molecule has 0 aromatic rings. The van der Waals surface area contributed by atoms with Crippen molar-refractivity contribution in [3.8, 4) is 0 Å². The number of ether oxygens (including phenoxy) is 1. The summed E-state index contributed by atoms with van der Waals surface area (Å²) < 4.78 is 5.61. The third-order valence-corrected chi connectivity index (χ3v) is 3.57. The summed E-state index contributed by atoms with van der Waals surface area (Å²) in [7, 11) is 0. The minimum Gasteiger partial charge on any atom is -0.376 e. The maximum Gasteiger partial charge on any atom is 0.0653 e. The molecule has 10 heavy (non-hydrogen) atoms. The van der Waals surface area contributed by atoms with Crippen molar-refractivity contribution in [1.82, 2.24) is 0 Å². The minimum absolute atomic E-state index is 0.105. The lowest BCUT2D eigenvalue weighted by atomic mass is 9.84. The van der Waals surface area contributed by atoms with E-state index in [2.05, 4.69) is 0 Å². The molecule has 3 aliphatic rings. The molecule has 2 aliphatic carbocycles. The monoisotopic (exact) mass is 139 g/mol. The summed E-state index contributed by atoms with van der Waals surface area (Å²) in [6.45, 7) is 0.832. The molecule has 0 aromatic heterocycles. The fourth-order valence-electron chi connectivity index (χ4n) is 3.17. The summed E-state index contributed by atoms with van der Waals surface area (Å²) in [6.07, 6.45) is 4.42. The van der Waals surface area contributed by atoms with E-state index in [-0.39, 0.29) is 5.54 Å². The maximum atomic E-state index is 6.16. The van der Waals surface area contributed by atoms with Crippen LogP contribution in [-0.2, 0) is 4.74 Å². The lowest BCUT2D eigenvalue weighted by Gasteiger charge is -2.25. The van der Waals surface area contributed by atoms with Crippen LogP contribution in [0.25, 0.3) is 0 Å². The third kappa shape index (κ3) is 0.453. The van der Waals surface area contributed by atoms with Crippen LogP contribution in [0.4, 0.5) is 0 Å². The number of fused-ring (bicyclic) bond motifs is 1. The van der Waals surface area contributed by atoms with E-state index >= 15 is 0 Å². The van der Waals surface area contributed by atoms with Gasteiger partial charge in [0, 0.05) is 11.5 Å². The highest BCUT2D eigenvalue weighted by molar-refractivity contribution is 5.12. The molecule has 1 heterocycles. The minimum atomic E-state index is 0.105. The molecule has 0 aromatic carbocycles. The van der Waals surface area contributed by atoms with Crippen LogP contribution in [-0.4, -0.2) is 18.2 Å². The normalized spacial score (nSPS) is 63.9. The standard InChI is InChI=1S/C8H13NO/c9-8-3-5-1-6(8)7(2-5)10-4-8/h5-7H,1-4,9H2. The van der Waals surface area contributed by atoms with E-state index < -0.39 is 0 Å². The van der Waals surface area contributed by atoms with Gasteiger partial charge in [0.05, 0.1) is 12.7 Å². The second kappa shape index (κ2) is 1.41. The Kier molecular flexibility index (Phi) is 0.783. The van der Waals surface area contributed by atoms with Crippen LogP contribution in [0.5, 0.6) is 0 Å². The van der Waals surface area contributed by atoms with Gasteiger partial charge in [-0.05, 0) is 25.2 Å². The first-order valence-corrected chi connectivity index (χ1v) is 4.18. The van der Waals surface area contributed by atoms with Gasteiger partial charge in [0.25, 0.3) is 0 Å². The topological polar surface area (TPSA) is 35.2 Å². The number of nitrogens with two attached hydrogens (primary N) is 1. The van der Waals surface area contributed by atoms with Gasteiger partial charge in [0.1, 0.15) is 0 Å². The van der Waals surface area contributed by atoms with E-state index in [1.54, 1.807) is 0 Å². The molecule has 3 rings (SSSR count). The van der Waals surface area contributed by atoms with Crippen molar-refractivity contribution in [3.05, 3.63) is 0 Å². The van der Waals surface area contributed by atoms with Gasteiger partial charge >= 0.3 is 0 Å². The Morgan fingerprint density at radius 3 is 2.90 bits per heavy atom. The smallest absolute Gasteiger partial charge is 0.0653 e. The lowest BCUT2D eigenvalue weighted by Crippen LogP contribution is -2.45. The van der Waals surface area contributed by atoms with E-state index in [4.69, 9.17) is 10.5 Å². The van der Waals surface area contributed by atoms with Gasteiger partial charge in [0.15, 0.2) is 0 Å². The molecule has 0 amide bonds. The number of hydrogen-bond acceptors (Lipinski definition) is 2. The van der Waals surface area contributed by atoms with Crippen molar-refractivity contribution in [3.63, 3.8) is 0 Å². The Morgan fingerprint density at radius 2 is 2.30 bits per heavy atom. The predicted molar refractivity (Wildman–Crippen MR) is 37.5 cm³/mol. The molecule has 2 bridgehead atoms. The van der Waals surface area contributed by atoms with Crippen LogP contribution in [0, 0.1) is 11.8 Å². The van der Waals surface area contributed by atoms with Crippen molar-refractivity contribution in [2.45, 2.75) is 30.9 Å². The maximum absolute atomic E-state index is 6.16. The molecular formula is C8H13NO. The highest BCUT2D eigenvalue weighted by Crippen LogP contribution is 2.54. The quantitative estimate of drug-likeness (QED) is 0.531. The van der Waals surface area contributed by atoms with E-state index in [1.807, 2.05) is 0 Å². The van der Waals surface area contributed by atoms with Crippen molar-refractivity contribution in [2.75, 3.05) is 6.61 Å². The lowest BCUT2D eigenvalue weighted by molar-refractivity contribution is 0.101. The van der Waals surface area contributed by atoms with E-state index in [0.29, 0.717) is 6.10 Å². The molecule has 2 heteroatoms. The highest BCUT2D eigenvalue weighted by atomic mass is 16.5. The van der Waals surface area contributed by atoms with Crippen LogP contribution in [0.1, 0.15) is 19.3 Å². The second-order valence-electron chi connectivity index (χ2n) is 4.23. The van der Waals surface area contributed by atoms with Crippen molar-refractivity contribution in [2.24, 2.45) is 17.6 Å². The Morgan fingerprint density at radius 1 is 1.40 bits per heavy atom. The average molecular weight is 139 g/mol. The third-order valence-electron chi connectivity index (χ3n) is 3.57. The molecule has 2 N–H and O–H groups in total. The fraction of sp³-hybridized carbons (Fsp3) is 1.00. The molecule has 1 saturated heterocycles. The SMILES string of the molecule is NC12COC3CC(CC31)C2. The molecule has 3 fully saturated rings. The Hall–Kier alpha value is -0.0800. The Labute approximate surface area is 60.7 Å². The molecule has 4 unspecified atom stereocenters. The summed E-state index contributed by atoms with van der Waals surface area (Å²) in [4.78, 5) is 0. The van der Waals surface area contributed by atoms with E-state index in [0.717, 1.165) is 18.4 Å². The van der Waals surface area contributed by atoms with E-state index in [9.17, 15) is 0 Å². The number of rotatable bonds is 0. The zero-order valence-electron chi connectivity index (χ0n) is 6.05. The largest absolute Gasteiger partial charge is 0.376 e. The molecule has 0 radical (unpaired) electrons. The Bertz CT molecular complexity index is 182. The van der Waals surface area contributed by atoms with Crippen LogP contribution < -0.4 is 5.73 Å². The van der Waals surface area contributed by atoms with Gasteiger partial charge in [0.2, 0.25) is 0 Å². The van der Waals surface area contributed by atoms with Gasteiger partial charge in [-0.2, -0.15) is 0 Å². The number of hydrogen-bond donors (Lipinski definition) is 1. The predicted octanol–water partition coefficient (Wildman–Crippen LogP) is 0.513. The molecular weight excluding hydrogens is 126 g/mol. The first kappa shape index (κ1) is 5.56. The van der Waals surface area contributed by atoms with Crippen LogP contribution in [0.15, 0.2) is 0 Å². The van der Waals surface area contributed by atoms with Crippen LogP contribution in [0.3, 0.4) is 0 Å². The van der Waals surface area contributed by atoms with Crippen molar-refractivity contribution in [1.29, 1.82) is 0 Å². The van der Waals surface area contributed by atoms with Gasteiger partial charge in [-0.3, -0.25) is 0 Å².